The zero-order valence-electron chi connectivity index (χ0n) is 11.2. The predicted octanol–water partition coefficient (Wildman–Crippen LogP) is 2.75. The number of rotatable bonds is 3. The van der Waals surface area contributed by atoms with Crippen LogP contribution >= 0.6 is 0 Å². The molecule has 20 heavy (non-hydrogen) atoms. The molecular formula is C16H15N3O. The van der Waals surface area contributed by atoms with Crippen LogP contribution in [0.4, 0.5) is 5.82 Å². The molecule has 100 valence electrons. The zero-order chi connectivity index (χ0) is 13.9. The van der Waals surface area contributed by atoms with Gasteiger partial charge >= 0.3 is 0 Å². The van der Waals surface area contributed by atoms with Gasteiger partial charge in [0.2, 0.25) is 5.91 Å². The summed E-state index contributed by atoms with van der Waals surface area (Å²) in [4.78, 5) is 16.2. The van der Waals surface area contributed by atoms with Crippen molar-refractivity contribution in [1.82, 2.24) is 9.55 Å². The Labute approximate surface area is 117 Å². The number of pyridine rings is 1. The molecule has 4 nitrogen and oxygen atoms in total. The summed E-state index contributed by atoms with van der Waals surface area (Å²) in [5.74, 6) is 0.526. The maximum Gasteiger partial charge on any atom is 0.230 e. The lowest BCUT2D eigenvalue weighted by atomic mass is 10.1. The van der Waals surface area contributed by atoms with Crippen molar-refractivity contribution < 1.29 is 4.79 Å². The number of fused-ring (bicyclic) bond motifs is 1. The van der Waals surface area contributed by atoms with Gasteiger partial charge in [-0.1, -0.05) is 24.3 Å². The number of hydrogen-bond acceptors (Lipinski definition) is 2. The van der Waals surface area contributed by atoms with Crippen molar-refractivity contribution in [3.05, 3.63) is 60.4 Å². The normalized spacial score (nSPS) is 10.7. The molecule has 0 aliphatic carbocycles. The molecule has 2 aromatic heterocycles. The number of carbonyl (C=O) groups is 1. The van der Waals surface area contributed by atoms with E-state index in [1.807, 2.05) is 48.1 Å². The van der Waals surface area contributed by atoms with Gasteiger partial charge in [0, 0.05) is 30.3 Å². The van der Waals surface area contributed by atoms with Crippen LogP contribution in [0, 0.1) is 0 Å². The number of nitrogens with zero attached hydrogens (tertiary/aromatic N) is 2. The number of para-hydroxylation sites is 1. The van der Waals surface area contributed by atoms with Crippen LogP contribution in [0.3, 0.4) is 0 Å². The molecule has 1 aromatic carbocycles. The summed E-state index contributed by atoms with van der Waals surface area (Å²) < 4.78 is 2.04. The van der Waals surface area contributed by atoms with Gasteiger partial charge in [-0.15, -0.1) is 0 Å². The van der Waals surface area contributed by atoms with E-state index in [0.717, 1.165) is 16.5 Å². The van der Waals surface area contributed by atoms with Gasteiger partial charge < -0.3 is 9.88 Å². The standard InChI is InChI=1S/C16H15N3O/c1-19-11-12(13-6-2-3-7-14(13)19)10-16(20)18-15-8-4-5-9-17-15/h2-9,11H,10H2,1H3,(H,17,18,20). The smallest absolute Gasteiger partial charge is 0.230 e. The Morgan fingerprint density at radius 1 is 1.20 bits per heavy atom. The lowest BCUT2D eigenvalue weighted by molar-refractivity contribution is -0.115. The van der Waals surface area contributed by atoms with E-state index in [2.05, 4.69) is 16.4 Å². The molecule has 1 amide bonds. The van der Waals surface area contributed by atoms with Crippen LogP contribution < -0.4 is 5.32 Å². The molecular weight excluding hydrogens is 250 g/mol. The van der Waals surface area contributed by atoms with Crippen LogP contribution in [0.15, 0.2) is 54.9 Å². The van der Waals surface area contributed by atoms with Crippen LogP contribution in [-0.2, 0) is 18.3 Å². The van der Waals surface area contributed by atoms with Crippen molar-refractivity contribution in [1.29, 1.82) is 0 Å². The number of nitrogens with one attached hydrogen (secondary N) is 1. The minimum absolute atomic E-state index is 0.0555. The van der Waals surface area contributed by atoms with Gasteiger partial charge in [0.1, 0.15) is 5.82 Å². The van der Waals surface area contributed by atoms with E-state index in [9.17, 15) is 4.79 Å². The first-order valence-corrected chi connectivity index (χ1v) is 6.48. The van der Waals surface area contributed by atoms with Crippen molar-refractivity contribution in [2.45, 2.75) is 6.42 Å². The second kappa shape index (κ2) is 5.17. The first-order chi connectivity index (χ1) is 9.74. The largest absolute Gasteiger partial charge is 0.350 e. The zero-order valence-corrected chi connectivity index (χ0v) is 11.2. The Morgan fingerprint density at radius 3 is 2.80 bits per heavy atom. The SMILES string of the molecule is Cn1cc(CC(=O)Nc2ccccn2)c2ccccc21. The summed E-state index contributed by atoms with van der Waals surface area (Å²) in [6.45, 7) is 0. The average molecular weight is 265 g/mol. The van der Waals surface area contributed by atoms with E-state index in [4.69, 9.17) is 0 Å². The third-order valence-electron chi connectivity index (χ3n) is 3.26. The van der Waals surface area contributed by atoms with Crippen molar-refractivity contribution in [3.63, 3.8) is 0 Å². The molecule has 0 fully saturated rings. The van der Waals surface area contributed by atoms with Crippen LogP contribution in [0.2, 0.25) is 0 Å². The molecule has 1 N–H and O–H groups in total. The van der Waals surface area contributed by atoms with Crippen LogP contribution in [0.1, 0.15) is 5.56 Å². The fourth-order valence-electron chi connectivity index (χ4n) is 2.36. The molecule has 0 aliphatic heterocycles. The van der Waals surface area contributed by atoms with E-state index < -0.39 is 0 Å². The van der Waals surface area contributed by atoms with E-state index in [1.54, 1.807) is 12.3 Å². The summed E-state index contributed by atoms with van der Waals surface area (Å²) in [6, 6.07) is 13.5. The monoisotopic (exact) mass is 265 g/mol. The third-order valence-corrected chi connectivity index (χ3v) is 3.26. The second-order valence-corrected chi connectivity index (χ2v) is 4.72. The van der Waals surface area contributed by atoms with Crippen molar-refractivity contribution in [2.24, 2.45) is 7.05 Å². The number of aryl methyl sites for hydroxylation is 1. The highest BCUT2D eigenvalue weighted by Gasteiger charge is 2.10. The summed E-state index contributed by atoms with van der Waals surface area (Å²) in [6.07, 6.45) is 4.01. The lowest BCUT2D eigenvalue weighted by Gasteiger charge is -2.03. The van der Waals surface area contributed by atoms with Crippen LogP contribution in [0.5, 0.6) is 0 Å². The number of aromatic nitrogens is 2. The quantitative estimate of drug-likeness (QED) is 0.791. The molecule has 0 saturated heterocycles. The summed E-state index contributed by atoms with van der Waals surface area (Å²) in [5, 5.41) is 3.92. The lowest BCUT2D eigenvalue weighted by Crippen LogP contribution is -2.14. The Balaban J connectivity index is 1.81. The molecule has 3 rings (SSSR count). The molecule has 0 unspecified atom stereocenters. The van der Waals surface area contributed by atoms with Gasteiger partial charge in [-0.05, 0) is 23.8 Å². The Morgan fingerprint density at radius 2 is 2.00 bits per heavy atom. The summed E-state index contributed by atoms with van der Waals surface area (Å²) >= 11 is 0. The van der Waals surface area contributed by atoms with Gasteiger partial charge in [-0.25, -0.2) is 4.98 Å². The third kappa shape index (κ3) is 2.40. The molecule has 0 bridgehead atoms. The molecule has 0 aliphatic rings. The van der Waals surface area contributed by atoms with Gasteiger partial charge in [0.25, 0.3) is 0 Å². The highest BCUT2D eigenvalue weighted by atomic mass is 16.1. The maximum atomic E-state index is 12.1. The minimum Gasteiger partial charge on any atom is -0.350 e. The van der Waals surface area contributed by atoms with Gasteiger partial charge in [-0.2, -0.15) is 0 Å². The molecule has 3 aromatic rings. The highest BCUT2D eigenvalue weighted by molar-refractivity contribution is 5.95. The Bertz CT molecular complexity index is 747. The molecule has 0 radical (unpaired) electrons. The second-order valence-electron chi connectivity index (χ2n) is 4.72. The number of benzene rings is 1. The molecule has 0 saturated carbocycles. The Kier molecular flexibility index (Phi) is 3.21. The predicted molar refractivity (Wildman–Crippen MR) is 79.5 cm³/mol. The van der Waals surface area contributed by atoms with Gasteiger partial charge in [0.05, 0.1) is 6.42 Å². The van der Waals surface area contributed by atoms with E-state index in [1.165, 1.54) is 0 Å². The van der Waals surface area contributed by atoms with Crippen molar-refractivity contribution >= 4 is 22.6 Å². The fourth-order valence-corrected chi connectivity index (χ4v) is 2.36. The maximum absolute atomic E-state index is 12.1. The first kappa shape index (κ1) is 12.4. The van der Waals surface area contributed by atoms with Gasteiger partial charge in [0.15, 0.2) is 0 Å². The summed E-state index contributed by atoms with van der Waals surface area (Å²) in [5.41, 5.74) is 2.16. The van der Waals surface area contributed by atoms with E-state index in [0.29, 0.717) is 12.2 Å². The number of amides is 1. The van der Waals surface area contributed by atoms with Crippen LogP contribution in [0.25, 0.3) is 10.9 Å². The fraction of sp³-hybridized carbons (Fsp3) is 0.125. The molecule has 4 heteroatoms. The Hall–Kier alpha value is -2.62. The van der Waals surface area contributed by atoms with Crippen molar-refractivity contribution in [3.8, 4) is 0 Å². The van der Waals surface area contributed by atoms with Crippen LogP contribution in [-0.4, -0.2) is 15.5 Å². The number of carbonyl (C=O) groups excluding carboxylic acids is 1. The van der Waals surface area contributed by atoms with Crippen molar-refractivity contribution in [2.75, 3.05) is 5.32 Å². The molecule has 0 spiro atoms. The summed E-state index contributed by atoms with van der Waals surface area (Å²) in [7, 11) is 1.99. The number of hydrogen-bond donors (Lipinski definition) is 1. The van der Waals surface area contributed by atoms with E-state index in [-0.39, 0.29) is 5.91 Å². The minimum atomic E-state index is -0.0555. The average Bonchev–Trinajstić information content (AvgIpc) is 2.77. The molecule has 2 heterocycles. The van der Waals surface area contributed by atoms with E-state index >= 15 is 0 Å². The number of anilines is 1. The van der Waals surface area contributed by atoms with Gasteiger partial charge in [-0.3, -0.25) is 4.79 Å². The molecule has 0 atom stereocenters. The first-order valence-electron chi connectivity index (χ1n) is 6.48. The highest BCUT2D eigenvalue weighted by Crippen LogP contribution is 2.20. The topological polar surface area (TPSA) is 46.9 Å².